The summed E-state index contributed by atoms with van der Waals surface area (Å²) in [5, 5.41) is 3.51. The highest BCUT2D eigenvalue weighted by atomic mass is 32.1. The van der Waals surface area contributed by atoms with Crippen LogP contribution in [-0.2, 0) is 0 Å². The molecule has 2 aliphatic carbocycles. The van der Waals surface area contributed by atoms with Crippen molar-refractivity contribution in [2.45, 2.75) is 25.7 Å². The Kier molecular flexibility index (Phi) is 3.20. The smallest absolute Gasteiger partial charge is 0.122 e. The lowest BCUT2D eigenvalue weighted by Gasteiger charge is -2.22. The minimum absolute atomic E-state index is 0.360. The second kappa shape index (κ2) is 4.84. The predicted molar refractivity (Wildman–Crippen MR) is 77.6 cm³/mol. The van der Waals surface area contributed by atoms with E-state index < -0.39 is 0 Å². The molecule has 0 aliphatic heterocycles. The summed E-state index contributed by atoms with van der Waals surface area (Å²) < 4.78 is 0. The van der Waals surface area contributed by atoms with E-state index in [4.69, 9.17) is 18.0 Å². The van der Waals surface area contributed by atoms with Crippen LogP contribution in [0.4, 0.5) is 5.69 Å². The normalized spacial score (nSPS) is 29.4. The van der Waals surface area contributed by atoms with Crippen LogP contribution >= 0.6 is 12.2 Å². The number of nitrogens with one attached hydrogen (secondary N) is 1. The van der Waals surface area contributed by atoms with Crippen molar-refractivity contribution in [2.24, 2.45) is 23.5 Å². The summed E-state index contributed by atoms with van der Waals surface area (Å²) in [4.78, 5) is 4.51. The maximum Gasteiger partial charge on any atom is 0.122 e. The van der Waals surface area contributed by atoms with E-state index in [-0.39, 0.29) is 0 Å². The average molecular weight is 261 g/mol. The van der Waals surface area contributed by atoms with Crippen LogP contribution in [0.1, 0.15) is 31.4 Å². The molecule has 2 aliphatic rings. The van der Waals surface area contributed by atoms with Gasteiger partial charge in [-0.15, -0.1) is 0 Å². The summed E-state index contributed by atoms with van der Waals surface area (Å²) in [5.41, 5.74) is 7.37. The van der Waals surface area contributed by atoms with Crippen molar-refractivity contribution >= 4 is 22.9 Å². The Balaban J connectivity index is 1.60. The fourth-order valence-corrected chi connectivity index (χ4v) is 3.66. The number of fused-ring (bicyclic) bond motifs is 2. The molecule has 0 spiro atoms. The van der Waals surface area contributed by atoms with E-state index in [0.717, 1.165) is 30.0 Å². The largest absolute Gasteiger partial charge is 0.388 e. The van der Waals surface area contributed by atoms with Crippen molar-refractivity contribution in [3.63, 3.8) is 0 Å². The fourth-order valence-electron chi connectivity index (χ4n) is 3.55. The van der Waals surface area contributed by atoms with E-state index in [1.165, 1.54) is 25.7 Å². The van der Waals surface area contributed by atoms with Gasteiger partial charge in [-0.2, -0.15) is 0 Å². The molecule has 96 valence electrons. The van der Waals surface area contributed by atoms with E-state index in [0.29, 0.717) is 10.7 Å². The van der Waals surface area contributed by atoms with Gasteiger partial charge in [0, 0.05) is 18.4 Å². The lowest BCUT2D eigenvalue weighted by atomic mass is 9.89. The molecule has 1 heterocycles. The first-order valence-corrected chi connectivity index (χ1v) is 7.13. The number of anilines is 1. The molecule has 0 aromatic carbocycles. The van der Waals surface area contributed by atoms with Gasteiger partial charge in [-0.25, -0.2) is 0 Å². The van der Waals surface area contributed by atoms with E-state index in [9.17, 15) is 0 Å². The molecule has 18 heavy (non-hydrogen) atoms. The molecular weight excluding hydrogens is 242 g/mol. The molecule has 3 atom stereocenters. The zero-order valence-corrected chi connectivity index (χ0v) is 11.2. The maximum absolute atomic E-state index is 5.59. The highest BCUT2D eigenvalue weighted by Crippen LogP contribution is 2.48. The predicted octanol–water partition coefficient (Wildman–Crippen LogP) is 2.56. The van der Waals surface area contributed by atoms with Gasteiger partial charge in [-0.05, 0) is 49.1 Å². The van der Waals surface area contributed by atoms with Crippen molar-refractivity contribution in [3.05, 3.63) is 24.0 Å². The Morgan fingerprint density at radius 3 is 3.00 bits per heavy atom. The van der Waals surface area contributed by atoms with Crippen molar-refractivity contribution < 1.29 is 0 Å². The minimum atomic E-state index is 0.360. The number of rotatable bonds is 4. The van der Waals surface area contributed by atoms with Gasteiger partial charge < -0.3 is 11.1 Å². The number of nitrogens with two attached hydrogens (primary N) is 1. The topological polar surface area (TPSA) is 50.9 Å². The standard InChI is InChI=1S/C14H19N3S/c15-14(18)13-7-12(3-4-16-13)17-8-11-6-9-1-2-10(11)5-9/h3-4,7,9-11H,1-2,5-6,8H2,(H2,15,18)(H,16,17). The van der Waals surface area contributed by atoms with Crippen LogP contribution in [0, 0.1) is 17.8 Å². The van der Waals surface area contributed by atoms with Crippen molar-refractivity contribution in [2.75, 3.05) is 11.9 Å². The third-order valence-electron chi connectivity index (χ3n) is 4.47. The summed E-state index contributed by atoms with van der Waals surface area (Å²) in [6.07, 6.45) is 7.52. The number of hydrogen-bond donors (Lipinski definition) is 2. The van der Waals surface area contributed by atoms with E-state index in [1.54, 1.807) is 6.20 Å². The quantitative estimate of drug-likeness (QED) is 0.818. The molecule has 3 nitrogen and oxygen atoms in total. The molecule has 3 unspecified atom stereocenters. The van der Waals surface area contributed by atoms with Gasteiger partial charge in [0.05, 0.1) is 5.69 Å². The average Bonchev–Trinajstić information content (AvgIpc) is 2.99. The SMILES string of the molecule is NC(=S)c1cc(NCC2CC3CCC2C3)ccn1. The molecular formula is C14H19N3S. The molecule has 0 amide bonds. The van der Waals surface area contributed by atoms with Crippen LogP contribution in [-0.4, -0.2) is 16.5 Å². The van der Waals surface area contributed by atoms with Crippen molar-refractivity contribution in [1.29, 1.82) is 0 Å². The Bertz CT molecular complexity index is 460. The lowest BCUT2D eigenvalue weighted by molar-refractivity contribution is 0.348. The molecule has 1 aromatic rings. The molecule has 2 saturated carbocycles. The first-order valence-electron chi connectivity index (χ1n) is 6.72. The number of aromatic nitrogens is 1. The van der Waals surface area contributed by atoms with Crippen molar-refractivity contribution in [1.82, 2.24) is 4.98 Å². The number of nitrogens with zero attached hydrogens (tertiary/aromatic N) is 1. The molecule has 3 N–H and O–H groups in total. The highest BCUT2D eigenvalue weighted by Gasteiger charge is 2.38. The highest BCUT2D eigenvalue weighted by molar-refractivity contribution is 7.80. The second-order valence-electron chi connectivity index (χ2n) is 5.61. The van der Waals surface area contributed by atoms with Gasteiger partial charge >= 0.3 is 0 Å². The van der Waals surface area contributed by atoms with Gasteiger partial charge in [0.25, 0.3) is 0 Å². The van der Waals surface area contributed by atoms with E-state index in [1.807, 2.05) is 12.1 Å². The summed E-state index contributed by atoms with van der Waals surface area (Å²) in [5.74, 6) is 2.82. The Morgan fingerprint density at radius 2 is 2.33 bits per heavy atom. The molecule has 4 heteroatoms. The van der Waals surface area contributed by atoms with Crippen LogP contribution in [0.25, 0.3) is 0 Å². The third-order valence-corrected chi connectivity index (χ3v) is 4.67. The summed E-state index contributed by atoms with van der Waals surface area (Å²) in [6, 6.07) is 3.92. The summed E-state index contributed by atoms with van der Waals surface area (Å²) >= 11 is 4.94. The zero-order chi connectivity index (χ0) is 12.5. The second-order valence-corrected chi connectivity index (χ2v) is 6.05. The van der Waals surface area contributed by atoms with Crippen LogP contribution in [0.3, 0.4) is 0 Å². The summed E-state index contributed by atoms with van der Waals surface area (Å²) in [7, 11) is 0. The minimum Gasteiger partial charge on any atom is -0.388 e. The molecule has 0 saturated heterocycles. The monoisotopic (exact) mass is 261 g/mol. The maximum atomic E-state index is 5.59. The molecule has 2 bridgehead atoms. The first-order chi connectivity index (χ1) is 8.72. The van der Waals surface area contributed by atoms with Gasteiger partial charge in [-0.3, -0.25) is 4.98 Å². The van der Waals surface area contributed by atoms with Crippen LogP contribution in [0.2, 0.25) is 0 Å². The fraction of sp³-hybridized carbons (Fsp3) is 0.571. The van der Waals surface area contributed by atoms with Gasteiger partial charge in [0.2, 0.25) is 0 Å². The Morgan fingerprint density at radius 1 is 1.44 bits per heavy atom. The van der Waals surface area contributed by atoms with E-state index in [2.05, 4.69) is 10.3 Å². The van der Waals surface area contributed by atoms with E-state index >= 15 is 0 Å². The van der Waals surface area contributed by atoms with Crippen LogP contribution in [0.5, 0.6) is 0 Å². The molecule has 0 radical (unpaired) electrons. The van der Waals surface area contributed by atoms with Gasteiger partial charge in [0.15, 0.2) is 0 Å². The van der Waals surface area contributed by atoms with Crippen LogP contribution < -0.4 is 11.1 Å². The molecule has 1 aromatic heterocycles. The third kappa shape index (κ3) is 2.34. The summed E-state index contributed by atoms with van der Waals surface area (Å²) in [6.45, 7) is 1.07. The van der Waals surface area contributed by atoms with Gasteiger partial charge in [-0.1, -0.05) is 18.6 Å². The molecule has 3 rings (SSSR count). The molecule has 2 fully saturated rings. The zero-order valence-electron chi connectivity index (χ0n) is 10.4. The lowest BCUT2D eigenvalue weighted by Crippen LogP contribution is -2.20. The Labute approximate surface area is 113 Å². The number of pyridine rings is 1. The first kappa shape index (κ1) is 11.9. The Hall–Kier alpha value is -1.16. The number of thiocarbonyl (C=S) groups is 1. The number of hydrogen-bond acceptors (Lipinski definition) is 3. The van der Waals surface area contributed by atoms with Crippen molar-refractivity contribution in [3.8, 4) is 0 Å². The van der Waals surface area contributed by atoms with Gasteiger partial charge in [0.1, 0.15) is 4.99 Å². The van der Waals surface area contributed by atoms with Crippen LogP contribution in [0.15, 0.2) is 18.3 Å².